The third-order valence-corrected chi connectivity index (χ3v) is 4.84. The van der Waals surface area contributed by atoms with E-state index in [0.717, 1.165) is 4.90 Å². The minimum atomic E-state index is -4.47. The molecule has 25 heavy (non-hydrogen) atoms. The smallest absolute Gasteiger partial charge is 0.254 e. The summed E-state index contributed by atoms with van der Waals surface area (Å²) < 4.78 is 31.9. The molecule has 1 aliphatic rings. The van der Waals surface area contributed by atoms with Crippen molar-refractivity contribution in [3.05, 3.63) is 35.4 Å². The fourth-order valence-electron chi connectivity index (χ4n) is 2.79. The molecule has 9 nitrogen and oxygen atoms in total. The van der Waals surface area contributed by atoms with Gasteiger partial charge < -0.3 is 29.4 Å². The third-order valence-electron chi connectivity index (χ3n) is 4.05. The number of nitrogens with one attached hydrogen (secondary N) is 1. The molecule has 1 amide bonds. The highest BCUT2D eigenvalue weighted by Gasteiger charge is 2.26. The summed E-state index contributed by atoms with van der Waals surface area (Å²) in [6, 6.07) is 5.47. The molecule has 0 aromatic heterocycles. The van der Waals surface area contributed by atoms with E-state index in [-0.39, 0.29) is 18.0 Å². The quantitative estimate of drug-likeness (QED) is 0.490. The number of carboxylic acids is 1. The number of nitrogens with zero attached hydrogens (tertiary/aromatic N) is 1. The van der Waals surface area contributed by atoms with Crippen molar-refractivity contribution in [1.82, 2.24) is 4.90 Å². The van der Waals surface area contributed by atoms with Gasteiger partial charge in [-0.3, -0.25) is 4.79 Å². The molecular formula is C15H19N2O7S-. The van der Waals surface area contributed by atoms with E-state index in [4.69, 9.17) is 0 Å². The third kappa shape index (κ3) is 5.78. The maximum atomic E-state index is 12.4. The minimum Gasteiger partial charge on any atom is -0.748 e. The van der Waals surface area contributed by atoms with Crippen molar-refractivity contribution in [1.29, 1.82) is 0 Å². The number of amides is 1. The average molecular weight is 371 g/mol. The lowest BCUT2D eigenvalue weighted by atomic mass is 10.1. The van der Waals surface area contributed by atoms with Crippen LogP contribution in [0.3, 0.4) is 0 Å². The maximum absolute atomic E-state index is 12.4. The maximum Gasteiger partial charge on any atom is 0.254 e. The number of quaternary nitrogens is 1. The van der Waals surface area contributed by atoms with Gasteiger partial charge >= 0.3 is 0 Å². The first-order valence-electron chi connectivity index (χ1n) is 7.71. The van der Waals surface area contributed by atoms with Crippen LogP contribution in [-0.2, 0) is 10.1 Å². The summed E-state index contributed by atoms with van der Waals surface area (Å²) in [5.74, 6) is -2.36. The number of aromatic carboxylic acids is 1. The van der Waals surface area contributed by atoms with Crippen LogP contribution in [0.4, 0.5) is 0 Å². The van der Waals surface area contributed by atoms with E-state index in [0.29, 0.717) is 31.7 Å². The molecule has 2 N–H and O–H groups in total. The van der Waals surface area contributed by atoms with E-state index in [9.17, 15) is 32.8 Å². The second kappa shape index (κ2) is 7.91. The van der Waals surface area contributed by atoms with Crippen LogP contribution in [0.25, 0.3) is 0 Å². The first-order chi connectivity index (χ1) is 11.7. The van der Waals surface area contributed by atoms with Gasteiger partial charge in [-0.15, -0.1) is 0 Å². The summed E-state index contributed by atoms with van der Waals surface area (Å²) in [6.07, 6.45) is -1.23. The van der Waals surface area contributed by atoms with Gasteiger partial charge in [0.1, 0.15) is 12.6 Å². The number of rotatable bonds is 6. The number of carboxylic acid groups (broad SMARTS) is 1. The van der Waals surface area contributed by atoms with Crippen LogP contribution in [0.2, 0.25) is 0 Å². The van der Waals surface area contributed by atoms with Crippen molar-refractivity contribution in [3.63, 3.8) is 0 Å². The summed E-state index contributed by atoms with van der Waals surface area (Å²) in [5, 5.41) is 20.3. The number of carbonyl (C=O) groups excluding carboxylic acids is 2. The molecule has 2 rings (SSSR count). The van der Waals surface area contributed by atoms with Gasteiger partial charge in [0.25, 0.3) is 5.91 Å². The van der Waals surface area contributed by atoms with Gasteiger partial charge in [0.15, 0.2) is 0 Å². The monoisotopic (exact) mass is 371 g/mol. The number of hydrogen-bond acceptors (Lipinski definition) is 7. The fourth-order valence-corrected chi connectivity index (χ4v) is 3.38. The van der Waals surface area contributed by atoms with E-state index in [2.05, 4.69) is 0 Å². The Bertz CT molecular complexity index is 725. The van der Waals surface area contributed by atoms with E-state index in [1.165, 1.54) is 24.3 Å². The molecule has 1 heterocycles. The van der Waals surface area contributed by atoms with Crippen molar-refractivity contribution in [2.24, 2.45) is 0 Å². The normalized spacial score (nSPS) is 17.3. The Morgan fingerprint density at radius 3 is 2.16 bits per heavy atom. The minimum absolute atomic E-state index is 0.00636. The van der Waals surface area contributed by atoms with Crippen molar-refractivity contribution in [2.75, 3.05) is 38.5 Å². The summed E-state index contributed by atoms with van der Waals surface area (Å²) in [7, 11) is -4.47. The average Bonchev–Trinajstić information content (AvgIpc) is 2.53. The highest BCUT2D eigenvalue weighted by atomic mass is 32.2. The van der Waals surface area contributed by atoms with Crippen LogP contribution >= 0.6 is 0 Å². The first-order valence-corrected chi connectivity index (χ1v) is 9.29. The van der Waals surface area contributed by atoms with Gasteiger partial charge in [-0.1, -0.05) is 12.1 Å². The molecule has 0 aliphatic carbocycles. The summed E-state index contributed by atoms with van der Waals surface area (Å²) in [4.78, 5) is 25.6. The Morgan fingerprint density at radius 2 is 1.68 bits per heavy atom. The number of benzene rings is 1. The van der Waals surface area contributed by atoms with E-state index in [1.54, 1.807) is 4.90 Å². The van der Waals surface area contributed by atoms with E-state index < -0.39 is 27.9 Å². The Balaban J connectivity index is 1.86. The van der Waals surface area contributed by atoms with E-state index in [1.807, 2.05) is 0 Å². The van der Waals surface area contributed by atoms with Crippen LogP contribution in [-0.4, -0.2) is 79.4 Å². The molecule has 0 radical (unpaired) electrons. The molecule has 1 aromatic carbocycles. The highest BCUT2D eigenvalue weighted by Crippen LogP contribution is 2.08. The molecule has 1 fully saturated rings. The predicted molar refractivity (Wildman–Crippen MR) is 82.8 cm³/mol. The lowest BCUT2D eigenvalue weighted by molar-refractivity contribution is -0.906. The molecule has 10 heteroatoms. The van der Waals surface area contributed by atoms with Gasteiger partial charge in [0.05, 0.1) is 48.0 Å². The van der Waals surface area contributed by atoms with Gasteiger partial charge in [-0.2, -0.15) is 0 Å². The summed E-state index contributed by atoms with van der Waals surface area (Å²) in [6.45, 7) is 1.97. The van der Waals surface area contributed by atoms with Crippen molar-refractivity contribution < 1.29 is 37.7 Å². The molecule has 1 aliphatic heterocycles. The van der Waals surface area contributed by atoms with Gasteiger partial charge in [0, 0.05) is 5.56 Å². The van der Waals surface area contributed by atoms with Crippen molar-refractivity contribution in [2.45, 2.75) is 6.10 Å². The molecule has 0 spiro atoms. The standard InChI is InChI=1S/C15H20N2O7S/c18-13(10-25(22,23)24)9-16-5-7-17(8-6-16)14(19)11-1-3-12(4-2-11)15(20)21/h1-4,13,18H,5-10H2,(H,20,21)(H,22,23,24)/p-1/t13-/m1/s1. The van der Waals surface area contributed by atoms with Gasteiger partial charge in [-0.05, 0) is 17.7 Å². The predicted octanol–water partition coefficient (Wildman–Crippen LogP) is -3.70. The SMILES string of the molecule is O=C([O-])c1ccc(C(=O)N2CC[NH+](C[C@@H](O)CS(=O)(=O)[O-])CC2)cc1. The summed E-state index contributed by atoms with van der Waals surface area (Å²) >= 11 is 0. The Hall–Kier alpha value is -2.01. The molecular weight excluding hydrogens is 352 g/mol. The fraction of sp³-hybridized carbons (Fsp3) is 0.467. The Kier molecular flexibility index (Phi) is 6.11. The zero-order chi connectivity index (χ0) is 18.6. The van der Waals surface area contributed by atoms with E-state index >= 15 is 0 Å². The molecule has 0 unspecified atom stereocenters. The van der Waals surface area contributed by atoms with Crippen molar-refractivity contribution >= 4 is 22.0 Å². The number of hydrogen-bond donors (Lipinski definition) is 2. The molecule has 1 aromatic rings. The Labute approximate surface area is 145 Å². The molecule has 0 saturated carbocycles. The lowest BCUT2D eigenvalue weighted by Crippen LogP contribution is -3.16. The Morgan fingerprint density at radius 1 is 1.16 bits per heavy atom. The van der Waals surface area contributed by atoms with Gasteiger partial charge in [-0.25, -0.2) is 8.42 Å². The number of aliphatic hydroxyl groups excluding tert-OH is 1. The van der Waals surface area contributed by atoms with Crippen LogP contribution in [0.5, 0.6) is 0 Å². The highest BCUT2D eigenvalue weighted by molar-refractivity contribution is 7.85. The van der Waals surface area contributed by atoms with Crippen LogP contribution < -0.4 is 10.0 Å². The number of aliphatic hydroxyl groups is 1. The molecule has 138 valence electrons. The topological polar surface area (TPSA) is 142 Å². The first kappa shape index (κ1) is 19.3. The van der Waals surface area contributed by atoms with Crippen LogP contribution in [0.15, 0.2) is 24.3 Å². The molecule has 1 atom stereocenters. The van der Waals surface area contributed by atoms with Gasteiger partial charge in [0.2, 0.25) is 0 Å². The summed E-state index contributed by atoms with van der Waals surface area (Å²) in [5.41, 5.74) is 0.360. The zero-order valence-corrected chi connectivity index (χ0v) is 14.2. The second-order valence-electron chi connectivity index (χ2n) is 5.99. The van der Waals surface area contributed by atoms with Crippen molar-refractivity contribution in [3.8, 4) is 0 Å². The number of carbonyl (C=O) groups is 2. The number of piperazine rings is 1. The largest absolute Gasteiger partial charge is 0.748 e. The van der Waals surface area contributed by atoms with Crippen LogP contribution in [0.1, 0.15) is 20.7 Å². The zero-order valence-electron chi connectivity index (χ0n) is 13.4. The molecule has 0 bridgehead atoms. The molecule has 1 saturated heterocycles. The second-order valence-corrected chi connectivity index (χ2v) is 7.44. The lowest BCUT2D eigenvalue weighted by Gasteiger charge is -2.33. The van der Waals surface area contributed by atoms with Crippen LogP contribution in [0, 0.1) is 0 Å².